The molecule has 1 nitrogen and oxygen atoms in total. The Labute approximate surface area is 120 Å². The molecule has 0 aliphatic heterocycles. The molecule has 0 aromatic carbocycles. The molecular weight excluding hydrogens is 421 g/mol. The lowest BCUT2D eigenvalue weighted by Gasteiger charge is -2.28. The molecule has 2 fully saturated rings. The highest BCUT2D eigenvalue weighted by Crippen LogP contribution is 2.69. The van der Waals surface area contributed by atoms with Crippen molar-refractivity contribution in [3.05, 3.63) is 0 Å². The molecule has 2 aliphatic carbocycles. The van der Waals surface area contributed by atoms with Crippen molar-refractivity contribution in [2.24, 2.45) is 11.8 Å². The summed E-state index contributed by atoms with van der Waals surface area (Å²) in [6.45, 7) is 4.20. The predicted octanol–water partition coefficient (Wildman–Crippen LogP) is 2.44. The summed E-state index contributed by atoms with van der Waals surface area (Å²) in [6.07, 6.45) is 0.270. The first-order chi connectivity index (χ1) is 6.40. The van der Waals surface area contributed by atoms with Crippen LogP contribution in [0.3, 0.4) is 0 Å². The van der Waals surface area contributed by atoms with Crippen LogP contribution in [-0.2, 0) is 4.74 Å². The van der Waals surface area contributed by atoms with Crippen LogP contribution in [0.1, 0.15) is 13.8 Å². The van der Waals surface area contributed by atoms with E-state index in [1.807, 2.05) is 6.92 Å². The molecule has 0 bridgehead atoms. The maximum atomic E-state index is 5.84. The molecule has 1 unspecified atom stereocenters. The Morgan fingerprint density at radius 3 is 2.57 bits per heavy atom. The van der Waals surface area contributed by atoms with Crippen LogP contribution in [0.25, 0.3) is 0 Å². The Hall–Kier alpha value is 1.83. The molecule has 0 spiro atoms. The summed E-state index contributed by atoms with van der Waals surface area (Å²) in [5.41, 5.74) is 0. The second-order valence-electron chi connectivity index (χ2n) is 4.36. The maximum absolute atomic E-state index is 5.84. The van der Waals surface area contributed by atoms with Crippen molar-refractivity contribution in [2.45, 2.75) is 38.6 Å². The van der Waals surface area contributed by atoms with Gasteiger partial charge in [0.1, 0.15) is 7.85 Å². The summed E-state index contributed by atoms with van der Waals surface area (Å²) < 4.78 is 6.64. The lowest BCUT2D eigenvalue weighted by Crippen LogP contribution is -2.37. The SMILES string of the molecule is [B][C@@H](C)O[C@H]1[C@H](I)[C@H](C)[C@@H]2C(S)[C@]12I. The fraction of sp³-hybridized carbons (Fsp3) is 1.00. The van der Waals surface area contributed by atoms with Crippen molar-refractivity contribution in [1.29, 1.82) is 0 Å². The van der Waals surface area contributed by atoms with E-state index < -0.39 is 0 Å². The molecule has 0 heterocycles. The zero-order valence-electron chi connectivity index (χ0n) is 8.15. The van der Waals surface area contributed by atoms with Crippen LogP contribution in [0.4, 0.5) is 0 Å². The van der Waals surface area contributed by atoms with Gasteiger partial charge >= 0.3 is 0 Å². The smallest absolute Gasteiger partial charge is 0.108 e. The zero-order valence-corrected chi connectivity index (χ0v) is 13.4. The third-order valence-electron chi connectivity index (χ3n) is 3.35. The van der Waals surface area contributed by atoms with Crippen LogP contribution in [0.2, 0.25) is 0 Å². The minimum absolute atomic E-state index is 0.170. The van der Waals surface area contributed by atoms with Gasteiger partial charge in [0.2, 0.25) is 0 Å². The lowest BCUT2D eigenvalue weighted by molar-refractivity contribution is 0.0442. The molecule has 78 valence electrons. The molecule has 5 heteroatoms. The molecule has 2 radical (unpaired) electrons. The summed E-state index contributed by atoms with van der Waals surface area (Å²) in [6, 6.07) is -0.170. The number of halogens is 2. The summed E-state index contributed by atoms with van der Waals surface area (Å²) in [5, 5.41) is 0.493. The van der Waals surface area contributed by atoms with Crippen LogP contribution < -0.4 is 0 Å². The van der Waals surface area contributed by atoms with Gasteiger partial charge < -0.3 is 4.74 Å². The molecule has 0 saturated heterocycles. The van der Waals surface area contributed by atoms with E-state index in [9.17, 15) is 0 Å². The number of fused-ring (bicyclic) bond motifs is 1. The summed E-state index contributed by atoms with van der Waals surface area (Å²) in [5.74, 6) is 1.40. The maximum Gasteiger partial charge on any atom is 0.108 e. The van der Waals surface area contributed by atoms with Gasteiger partial charge in [0.15, 0.2) is 0 Å². The average Bonchev–Trinajstić information content (AvgIpc) is 2.57. The quantitative estimate of drug-likeness (QED) is 0.304. The van der Waals surface area contributed by atoms with E-state index in [1.54, 1.807) is 0 Å². The Bertz CT molecular complexity index is 253. The first-order valence-corrected chi connectivity index (χ1v) is 7.66. The first kappa shape index (κ1) is 12.3. The molecular formula is C9H13BI2OS. The van der Waals surface area contributed by atoms with Gasteiger partial charge in [-0.05, 0) is 18.8 Å². The van der Waals surface area contributed by atoms with E-state index >= 15 is 0 Å². The van der Waals surface area contributed by atoms with Gasteiger partial charge in [-0.2, -0.15) is 12.6 Å². The van der Waals surface area contributed by atoms with E-state index in [2.05, 4.69) is 64.7 Å². The largest absolute Gasteiger partial charge is 0.382 e. The van der Waals surface area contributed by atoms with Crippen molar-refractivity contribution in [1.82, 2.24) is 0 Å². The Kier molecular flexibility index (Phi) is 3.46. The topological polar surface area (TPSA) is 9.23 Å². The second kappa shape index (κ2) is 3.94. The van der Waals surface area contributed by atoms with E-state index in [0.29, 0.717) is 21.0 Å². The van der Waals surface area contributed by atoms with Crippen molar-refractivity contribution >= 4 is 65.7 Å². The highest BCUT2D eigenvalue weighted by Gasteiger charge is 2.75. The van der Waals surface area contributed by atoms with E-state index in [-0.39, 0.29) is 15.5 Å². The molecule has 2 rings (SSSR count). The van der Waals surface area contributed by atoms with Gasteiger partial charge in [-0.3, -0.25) is 0 Å². The fourth-order valence-corrected chi connectivity index (χ4v) is 7.17. The number of alkyl halides is 2. The van der Waals surface area contributed by atoms with Gasteiger partial charge in [-0.1, -0.05) is 52.1 Å². The molecule has 0 N–H and O–H groups in total. The summed E-state index contributed by atoms with van der Waals surface area (Å²) in [4.78, 5) is 0. The van der Waals surface area contributed by atoms with Gasteiger partial charge in [0.25, 0.3) is 0 Å². The monoisotopic (exact) mass is 434 g/mol. The highest BCUT2D eigenvalue weighted by atomic mass is 127. The molecule has 0 aromatic rings. The number of thiol groups is 1. The molecule has 14 heavy (non-hydrogen) atoms. The average molecular weight is 434 g/mol. The van der Waals surface area contributed by atoms with E-state index in [1.165, 1.54) is 0 Å². The third kappa shape index (κ3) is 1.59. The second-order valence-corrected chi connectivity index (χ2v) is 8.23. The number of hydrogen-bond donors (Lipinski definition) is 1. The number of hydrogen-bond acceptors (Lipinski definition) is 2. The Morgan fingerprint density at radius 2 is 2.14 bits per heavy atom. The van der Waals surface area contributed by atoms with Gasteiger partial charge in [-0.15, -0.1) is 0 Å². The number of rotatable bonds is 2. The number of ether oxygens (including phenoxy) is 1. The standard InChI is InChI=1S/C9H13BI2OS/c1-3-5-8(14)9(5,12)7(6(3)11)13-4(2)10/h3-8,14H,1-2H3/t3-,4-,5-,6-,7+,8?,9-/m1/s1. The van der Waals surface area contributed by atoms with Crippen LogP contribution in [0.5, 0.6) is 0 Å². The van der Waals surface area contributed by atoms with Crippen molar-refractivity contribution < 1.29 is 4.74 Å². The molecule has 2 aliphatic rings. The predicted molar refractivity (Wildman–Crippen MR) is 80.1 cm³/mol. The van der Waals surface area contributed by atoms with Crippen LogP contribution in [0, 0.1) is 11.8 Å². The van der Waals surface area contributed by atoms with Gasteiger partial charge in [0.05, 0.1) is 9.53 Å². The summed E-state index contributed by atoms with van der Waals surface area (Å²) >= 11 is 9.66. The third-order valence-corrected chi connectivity index (χ3v) is 8.38. The fourth-order valence-electron chi connectivity index (χ4n) is 2.56. The first-order valence-electron chi connectivity index (χ1n) is 4.82. The van der Waals surface area contributed by atoms with E-state index in [0.717, 1.165) is 0 Å². The zero-order chi connectivity index (χ0) is 10.7. The van der Waals surface area contributed by atoms with Crippen molar-refractivity contribution in [2.75, 3.05) is 0 Å². The normalized spacial score (nSPS) is 58.2. The highest BCUT2D eigenvalue weighted by molar-refractivity contribution is 14.1. The van der Waals surface area contributed by atoms with Crippen molar-refractivity contribution in [3.63, 3.8) is 0 Å². The molecule has 0 aromatic heterocycles. The van der Waals surface area contributed by atoms with E-state index in [4.69, 9.17) is 12.6 Å². The molecule has 2 saturated carbocycles. The summed E-state index contributed by atoms with van der Waals surface area (Å²) in [7, 11) is 5.71. The molecule has 0 amide bonds. The van der Waals surface area contributed by atoms with Crippen LogP contribution >= 0.6 is 57.8 Å². The Balaban J connectivity index is 2.15. The molecule has 7 atom stereocenters. The Morgan fingerprint density at radius 1 is 1.57 bits per heavy atom. The van der Waals surface area contributed by atoms with Crippen molar-refractivity contribution in [3.8, 4) is 0 Å². The van der Waals surface area contributed by atoms with Gasteiger partial charge in [-0.25, -0.2) is 0 Å². The lowest BCUT2D eigenvalue weighted by atomic mass is 10.0. The van der Waals surface area contributed by atoms with Crippen LogP contribution in [-0.4, -0.2) is 32.5 Å². The van der Waals surface area contributed by atoms with Crippen LogP contribution in [0.15, 0.2) is 0 Å². The van der Waals surface area contributed by atoms with Gasteiger partial charge in [0, 0.05) is 15.2 Å². The minimum atomic E-state index is -0.170. The minimum Gasteiger partial charge on any atom is -0.382 e.